The second kappa shape index (κ2) is 6.17. The Morgan fingerprint density at radius 3 is 2.08 bits per heavy atom. The number of alkyl halides is 2. The van der Waals surface area contributed by atoms with Crippen molar-refractivity contribution < 1.29 is 5.11 Å². The minimum atomic E-state index is -1.58. The summed E-state index contributed by atoms with van der Waals surface area (Å²) in [4.78, 5) is -1.03. The Labute approximate surface area is 157 Å². The molecule has 1 aliphatic rings. The first-order chi connectivity index (χ1) is 12.0. The van der Waals surface area contributed by atoms with Gasteiger partial charge in [-0.1, -0.05) is 66.7 Å². The number of rotatable bonds is 3. The van der Waals surface area contributed by atoms with Crippen molar-refractivity contribution in [3.63, 3.8) is 0 Å². The highest BCUT2D eigenvalue weighted by Gasteiger charge is 2.36. The molecular formula is C22H17Cl2O. The summed E-state index contributed by atoms with van der Waals surface area (Å²) in [5.41, 5.74) is 6.14. The van der Waals surface area contributed by atoms with Gasteiger partial charge in [0, 0.05) is 0 Å². The van der Waals surface area contributed by atoms with Crippen LogP contribution in [0.3, 0.4) is 0 Å². The molecule has 0 saturated carbocycles. The van der Waals surface area contributed by atoms with Gasteiger partial charge in [-0.2, -0.15) is 0 Å². The summed E-state index contributed by atoms with van der Waals surface area (Å²) in [6.45, 7) is 1.55. The average molecular weight is 368 g/mol. The van der Waals surface area contributed by atoms with Crippen molar-refractivity contribution in [1.29, 1.82) is 0 Å². The summed E-state index contributed by atoms with van der Waals surface area (Å²) in [6, 6.07) is 22.4. The molecule has 1 aliphatic carbocycles. The molecule has 1 atom stereocenters. The highest BCUT2D eigenvalue weighted by Crippen LogP contribution is 2.44. The van der Waals surface area contributed by atoms with E-state index in [1.54, 1.807) is 6.92 Å². The topological polar surface area (TPSA) is 19.9 Å². The van der Waals surface area contributed by atoms with E-state index in [2.05, 4.69) is 36.4 Å². The molecule has 0 fully saturated rings. The Kier molecular flexibility index (Phi) is 4.11. The van der Waals surface area contributed by atoms with Gasteiger partial charge < -0.3 is 0 Å². The van der Waals surface area contributed by atoms with Gasteiger partial charge in [0.25, 0.3) is 0 Å². The highest BCUT2D eigenvalue weighted by atomic mass is 35.5. The first-order valence-electron chi connectivity index (χ1n) is 8.29. The van der Waals surface area contributed by atoms with Crippen molar-refractivity contribution in [2.75, 3.05) is 0 Å². The maximum absolute atomic E-state index is 13.1. The fourth-order valence-electron chi connectivity index (χ4n) is 3.68. The van der Waals surface area contributed by atoms with E-state index < -0.39 is 10.4 Å². The van der Waals surface area contributed by atoms with Crippen molar-refractivity contribution in [1.82, 2.24) is 0 Å². The molecule has 1 unspecified atom stereocenters. The molecule has 0 aromatic heterocycles. The minimum absolute atomic E-state index is 0.634. The zero-order chi connectivity index (χ0) is 17.6. The monoisotopic (exact) mass is 367 g/mol. The number of hydrogen-bond acceptors (Lipinski definition) is 0. The standard InChI is InChI=1S/C22H17Cl2O/c1-22(25,21(23)24)20-12-5-4-9-18(20)17-11-6-10-16-15-8-3-2-7-14(15)13-19(16)17/h2-12,21H,13H2,1H3. The second-order valence-electron chi connectivity index (χ2n) is 6.62. The van der Waals surface area contributed by atoms with Gasteiger partial charge in [-0.05, 0) is 52.3 Å². The Bertz CT molecular complexity index is 944. The van der Waals surface area contributed by atoms with Gasteiger partial charge >= 0.3 is 0 Å². The SMILES string of the molecule is CC([O])(c1ccccc1-c1cccc2c1Cc1ccccc1-2)C(Cl)Cl. The first kappa shape index (κ1) is 16.7. The molecule has 25 heavy (non-hydrogen) atoms. The van der Waals surface area contributed by atoms with Crippen LogP contribution in [0, 0.1) is 0 Å². The first-order valence-corrected chi connectivity index (χ1v) is 9.16. The smallest absolute Gasteiger partial charge is 0.156 e. The fourth-order valence-corrected chi connectivity index (χ4v) is 3.91. The van der Waals surface area contributed by atoms with E-state index in [4.69, 9.17) is 23.2 Å². The third-order valence-corrected chi connectivity index (χ3v) is 5.85. The lowest BCUT2D eigenvalue weighted by Gasteiger charge is -2.26. The molecule has 0 heterocycles. The Hall–Kier alpha value is -1.80. The van der Waals surface area contributed by atoms with Crippen LogP contribution in [0.1, 0.15) is 23.6 Å². The van der Waals surface area contributed by atoms with Crippen LogP contribution in [0.5, 0.6) is 0 Å². The molecule has 0 aliphatic heterocycles. The van der Waals surface area contributed by atoms with Gasteiger partial charge in [0.05, 0.1) is 0 Å². The molecule has 0 N–H and O–H groups in total. The van der Waals surface area contributed by atoms with Crippen molar-refractivity contribution in [3.05, 3.63) is 83.4 Å². The van der Waals surface area contributed by atoms with Crippen molar-refractivity contribution >= 4 is 23.2 Å². The molecule has 0 spiro atoms. The van der Waals surface area contributed by atoms with Crippen LogP contribution in [0.2, 0.25) is 0 Å². The minimum Gasteiger partial charge on any atom is -0.222 e. The number of halogens is 2. The van der Waals surface area contributed by atoms with E-state index in [-0.39, 0.29) is 0 Å². The number of hydrogen-bond donors (Lipinski definition) is 0. The molecule has 3 aromatic carbocycles. The molecule has 125 valence electrons. The quantitative estimate of drug-likeness (QED) is 0.374. The van der Waals surface area contributed by atoms with E-state index in [0.29, 0.717) is 5.56 Å². The molecular weight excluding hydrogens is 351 g/mol. The normalized spacial score (nSPS) is 14.9. The largest absolute Gasteiger partial charge is 0.222 e. The van der Waals surface area contributed by atoms with Crippen molar-refractivity contribution in [2.24, 2.45) is 0 Å². The molecule has 1 radical (unpaired) electrons. The Morgan fingerprint density at radius 1 is 0.800 bits per heavy atom. The van der Waals surface area contributed by atoms with Crippen LogP contribution in [0.4, 0.5) is 0 Å². The van der Waals surface area contributed by atoms with Crippen LogP contribution in [-0.4, -0.2) is 4.84 Å². The zero-order valence-corrected chi connectivity index (χ0v) is 15.3. The van der Waals surface area contributed by atoms with Gasteiger partial charge in [0.15, 0.2) is 5.60 Å². The van der Waals surface area contributed by atoms with Crippen LogP contribution in [0.15, 0.2) is 66.7 Å². The lowest BCUT2D eigenvalue weighted by molar-refractivity contribution is -0.00499. The predicted octanol–water partition coefficient (Wildman–Crippen LogP) is 6.37. The van der Waals surface area contributed by atoms with Crippen LogP contribution >= 0.6 is 23.2 Å². The maximum atomic E-state index is 13.1. The average Bonchev–Trinajstić information content (AvgIpc) is 3.00. The third-order valence-electron chi connectivity index (χ3n) is 5.02. The second-order valence-corrected chi connectivity index (χ2v) is 7.72. The fraction of sp³-hybridized carbons (Fsp3) is 0.182. The van der Waals surface area contributed by atoms with Gasteiger partial charge in [0.1, 0.15) is 4.84 Å². The zero-order valence-electron chi connectivity index (χ0n) is 13.8. The van der Waals surface area contributed by atoms with Crippen LogP contribution in [-0.2, 0) is 17.1 Å². The van der Waals surface area contributed by atoms with E-state index in [1.165, 1.54) is 22.3 Å². The van der Waals surface area contributed by atoms with Gasteiger partial charge in [0.2, 0.25) is 0 Å². The van der Waals surface area contributed by atoms with Gasteiger partial charge in [-0.25, -0.2) is 5.11 Å². The summed E-state index contributed by atoms with van der Waals surface area (Å²) < 4.78 is 0. The van der Waals surface area contributed by atoms with Crippen molar-refractivity contribution in [3.8, 4) is 22.3 Å². The summed E-state index contributed by atoms with van der Waals surface area (Å²) in [6.07, 6.45) is 0.872. The Morgan fingerprint density at radius 2 is 1.36 bits per heavy atom. The molecule has 0 amide bonds. The van der Waals surface area contributed by atoms with Crippen LogP contribution < -0.4 is 0 Å². The number of fused-ring (bicyclic) bond motifs is 3. The summed E-state index contributed by atoms with van der Waals surface area (Å²) in [7, 11) is 0. The van der Waals surface area contributed by atoms with Gasteiger partial charge in [-0.3, -0.25) is 0 Å². The van der Waals surface area contributed by atoms with Crippen LogP contribution in [0.25, 0.3) is 22.3 Å². The van der Waals surface area contributed by atoms with E-state index in [9.17, 15) is 5.11 Å². The maximum Gasteiger partial charge on any atom is 0.156 e. The van der Waals surface area contributed by atoms with Gasteiger partial charge in [-0.15, -0.1) is 23.2 Å². The number of benzene rings is 3. The summed E-state index contributed by atoms with van der Waals surface area (Å²) in [5, 5.41) is 13.1. The Balaban J connectivity index is 1.92. The van der Waals surface area contributed by atoms with E-state index >= 15 is 0 Å². The molecule has 3 heteroatoms. The lowest BCUT2D eigenvalue weighted by Crippen LogP contribution is -2.28. The predicted molar refractivity (Wildman–Crippen MR) is 104 cm³/mol. The lowest BCUT2D eigenvalue weighted by atomic mass is 9.86. The van der Waals surface area contributed by atoms with Crippen molar-refractivity contribution in [2.45, 2.75) is 23.8 Å². The molecule has 4 rings (SSSR count). The molecule has 1 nitrogen and oxygen atoms in total. The van der Waals surface area contributed by atoms with E-state index in [0.717, 1.165) is 17.5 Å². The summed E-state index contributed by atoms with van der Waals surface area (Å²) >= 11 is 12.0. The highest BCUT2D eigenvalue weighted by molar-refractivity contribution is 6.45. The molecule has 0 saturated heterocycles. The molecule has 0 bridgehead atoms. The third kappa shape index (κ3) is 2.67. The summed E-state index contributed by atoms with van der Waals surface area (Å²) in [5.74, 6) is 0. The van der Waals surface area contributed by atoms with E-state index in [1.807, 2.05) is 30.3 Å². The molecule has 3 aromatic rings.